The van der Waals surface area contributed by atoms with Crippen molar-refractivity contribution in [3.05, 3.63) is 58.0 Å². The zero-order valence-corrected chi connectivity index (χ0v) is 23.4. The Balaban J connectivity index is 0.984. The Morgan fingerprint density at radius 1 is 0.949 bits per heavy atom. The van der Waals surface area contributed by atoms with Gasteiger partial charge in [-0.1, -0.05) is 37.1 Å². The van der Waals surface area contributed by atoms with Crippen LogP contribution in [-0.2, 0) is 16.1 Å². The summed E-state index contributed by atoms with van der Waals surface area (Å²) in [7, 11) is 0. The zero-order chi connectivity index (χ0) is 26.8. The second kappa shape index (κ2) is 11.6. The Morgan fingerprint density at radius 3 is 2.49 bits per heavy atom. The summed E-state index contributed by atoms with van der Waals surface area (Å²) in [5, 5.41) is 11.0. The first kappa shape index (κ1) is 26.2. The fourth-order valence-electron chi connectivity index (χ4n) is 5.51. The summed E-state index contributed by atoms with van der Waals surface area (Å²) in [5.41, 5.74) is 2.20. The Bertz CT molecular complexity index is 1330. The molecule has 3 amide bonds. The number of hydrogen-bond donors (Lipinski definition) is 3. The van der Waals surface area contributed by atoms with Gasteiger partial charge in [-0.3, -0.25) is 14.4 Å². The molecule has 6 rings (SSSR count). The third-order valence-corrected chi connectivity index (χ3v) is 10.1. The molecular weight excluding hydrogens is 530 g/mol. The van der Waals surface area contributed by atoms with Crippen LogP contribution < -0.4 is 16.0 Å². The lowest BCUT2D eigenvalue weighted by Crippen LogP contribution is -2.48. The number of likely N-dealkylation sites (tertiary alicyclic amines) is 1. The number of carbonyl (C=O) groups excluding carboxylic acids is 3. The minimum absolute atomic E-state index is 0.00290. The molecule has 1 aliphatic carbocycles. The van der Waals surface area contributed by atoms with Crippen molar-refractivity contribution in [2.75, 3.05) is 25.0 Å². The number of thiophene rings is 1. The summed E-state index contributed by atoms with van der Waals surface area (Å²) in [6.07, 6.45) is 8.12. The van der Waals surface area contributed by atoms with Gasteiger partial charge < -0.3 is 20.9 Å². The minimum atomic E-state index is -0.141. The summed E-state index contributed by atoms with van der Waals surface area (Å²) in [4.78, 5) is 45.8. The van der Waals surface area contributed by atoms with E-state index in [1.807, 2.05) is 17.2 Å². The largest absolute Gasteiger partial charge is 0.352 e. The molecular formula is C29H33N5O3S2. The molecule has 0 radical (unpaired) electrons. The Morgan fingerprint density at radius 2 is 1.74 bits per heavy atom. The van der Waals surface area contributed by atoms with Crippen molar-refractivity contribution in [2.45, 2.75) is 57.0 Å². The van der Waals surface area contributed by atoms with E-state index in [1.54, 1.807) is 17.4 Å². The first-order valence-electron chi connectivity index (χ1n) is 13.8. The summed E-state index contributed by atoms with van der Waals surface area (Å²) < 4.78 is 0. The molecule has 10 heteroatoms. The number of amides is 3. The van der Waals surface area contributed by atoms with Gasteiger partial charge in [-0.05, 0) is 55.5 Å². The summed E-state index contributed by atoms with van der Waals surface area (Å²) in [6, 6.07) is 11.8. The van der Waals surface area contributed by atoms with Crippen LogP contribution in [0.15, 0.2) is 42.6 Å². The van der Waals surface area contributed by atoms with Gasteiger partial charge in [0.1, 0.15) is 0 Å². The quantitative estimate of drug-likeness (QED) is 0.372. The van der Waals surface area contributed by atoms with Gasteiger partial charge >= 0.3 is 0 Å². The van der Waals surface area contributed by atoms with Crippen LogP contribution in [0.4, 0.5) is 5.00 Å². The van der Waals surface area contributed by atoms with Crippen LogP contribution in [0.2, 0.25) is 0 Å². The van der Waals surface area contributed by atoms with E-state index in [9.17, 15) is 14.4 Å². The number of nitrogens with zero attached hydrogens (tertiary/aromatic N) is 2. The second-order valence-electron chi connectivity index (χ2n) is 10.7. The highest BCUT2D eigenvalue weighted by Gasteiger charge is 2.35. The molecule has 3 aliphatic rings. The highest BCUT2D eigenvalue weighted by molar-refractivity contribution is 7.18. The number of benzene rings is 1. The molecule has 2 saturated heterocycles. The monoisotopic (exact) mass is 563 g/mol. The van der Waals surface area contributed by atoms with Crippen molar-refractivity contribution in [3.63, 3.8) is 0 Å². The van der Waals surface area contributed by atoms with E-state index >= 15 is 0 Å². The van der Waals surface area contributed by atoms with E-state index in [2.05, 4.69) is 45.2 Å². The molecule has 1 atom stereocenters. The maximum absolute atomic E-state index is 13.0. The normalized spacial score (nSPS) is 19.7. The van der Waals surface area contributed by atoms with Crippen molar-refractivity contribution in [3.8, 4) is 10.4 Å². The van der Waals surface area contributed by atoms with Gasteiger partial charge in [-0.25, -0.2) is 4.98 Å². The average Bonchev–Trinajstić information content (AvgIpc) is 3.74. The average molecular weight is 564 g/mol. The van der Waals surface area contributed by atoms with Crippen molar-refractivity contribution in [2.24, 2.45) is 5.92 Å². The molecule has 0 bridgehead atoms. The lowest BCUT2D eigenvalue weighted by molar-refractivity contribution is -0.125. The van der Waals surface area contributed by atoms with Gasteiger partial charge in [0.2, 0.25) is 11.8 Å². The van der Waals surface area contributed by atoms with Crippen LogP contribution in [-0.4, -0.2) is 53.3 Å². The first-order valence-corrected chi connectivity index (χ1v) is 15.4. The molecule has 4 heterocycles. The number of aromatic nitrogens is 1. The molecule has 0 spiro atoms. The molecule has 3 fully saturated rings. The van der Waals surface area contributed by atoms with Gasteiger partial charge in [0, 0.05) is 37.7 Å². The van der Waals surface area contributed by atoms with E-state index in [1.165, 1.54) is 11.3 Å². The highest BCUT2D eigenvalue weighted by atomic mass is 32.1. The van der Waals surface area contributed by atoms with Crippen LogP contribution in [0.25, 0.3) is 10.4 Å². The van der Waals surface area contributed by atoms with Crippen LogP contribution in [0, 0.1) is 5.92 Å². The molecule has 8 nitrogen and oxygen atoms in total. The van der Waals surface area contributed by atoms with E-state index < -0.39 is 0 Å². The van der Waals surface area contributed by atoms with Crippen LogP contribution in [0.5, 0.6) is 0 Å². The SMILES string of the molecule is O=C(NCc1ccc(-c2cnc(C3CN(C(=O)c4ccc(NC(=O)[C@@H]5CCCN5)s4)C3)s2)cc1)C1CCCC1. The van der Waals surface area contributed by atoms with Crippen molar-refractivity contribution in [1.29, 1.82) is 0 Å². The summed E-state index contributed by atoms with van der Waals surface area (Å²) in [6.45, 7) is 2.73. The standard InChI is InChI=1S/C29H33N5O3S2/c35-26(20-4-1-2-5-20)31-14-18-7-9-19(10-8-18)24-15-32-28(39-24)21-16-34(17-21)29(37)23-11-12-25(38-23)33-27(36)22-6-3-13-30-22/h7-12,15,20-22,30H,1-6,13-14,16-17H2,(H,31,35)(H,33,36)/t22-/m0/s1. The molecule has 2 aromatic heterocycles. The summed E-state index contributed by atoms with van der Waals surface area (Å²) >= 11 is 3.00. The predicted octanol–water partition coefficient (Wildman–Crippen LogP) is 4.61. The number of nitrogens with one attached hydrogen (secondary N) is 3. The van der Waals surface area contributed by atoms with Gasteiger partial charge in [0.15, 0.2) is 0 Å². The van der Waals surface area contributed by atoms with Crippen LogP contribution in [0.3, 0.4) is 0 Å². The topological polar surface area (TPSA) is 103 Å². The van der Waals surface area contributed by atoms with Gasteiger partial charge in [0.25, 0.3) is 5.91 Å². The van der Waals surface area contributed by atoms with Crippen LogP contribution >= 0.6 is 22.7 Å². The Kier molecular flexibility index (Phi) is 7.76. The van der Waals surface area contributed by atoms with E-state index in [4.69, 9.17) is 0 Å². The Labute approximate surface area is 236 Å². The predicted molar refractivity (Wildman–Crippen MR) is 154 cm³/mol. The lowest BCUT2D eigenvalue weighted by Gasteiger charge is -2.37. The lowest BCUT2D eigenvalue weighted by atomic mass is 10.0. The molecule has 1 aromatic carbocycles. The maximum Gasteiger partial charge on any atom is 0.264 e. The molecule has 3 aromatic rings. The number of hydrogen-bond acceptors (Lipinski definition) is 7. The fraction of sp³-hybridized carbons (Fsp3) is 0.448. The smallest absolute Gasteiger partial charge is 0.264 e. The minimum Gasteiger partial charge on any atom is -0.352 e. The molecule has 0 unspecified atom stereocenters. The molecule has 3 N–H and O–H groups in total. The van der Waals surface area contributed by atoms with Crippen LogP contribution in [0.1, 0.15) is 64.7 Å². The third kappa shape index (κ3) is 5.92. The fourth-order valence-corrected chi connectivity index (χ4v) is 7.39. The third-order valence-electron chi connectivity index (χ3n) is 7.91. The zero-order valence-electron chi connectivity index (χ0n) is 21.8. The van der Waals surface area contributed by atoms with Gasteiger partial charge in [-0.15, -0.1) is 22.7 Å². The molecule has 39 heavy (non-hydrogen) atoms. The van der Waals surface area contributed by atoms with Crippen molar-refractivity contribution in [1.82, 2.24) is 20.5 Å². The summed E-state index contributed by atoms with van der Waals surface area (Å²) in [5.74, 6) is 0.582. The van der Waals surface area contributed by atoms with Crippen molar-refractivity contribution < 1.29 is 14.4 Å². The molecule has 2 aliphatic heterocycles. The van der Waals surface area contributed by atoms with E-state index in [-0.39, 0.29) is 35.6 Å². The highest BCUT2D eigenvalue weighted by Crippen LogP contribution is 2.36. The van der Waals surface area contributed by atoms with E-state index in [0.29, 0.717) is 29.5 Å². The number of thiazole rings is 1. The maximum atomic E-state index is 13.0. The molecule has 204 valence electrons. The number of carbonyl (C=O) groups is 3. The van der Waals surface area contributed by atoms with Gasteiger partial charge in [-0.2, -0.15) is 0 Å². The second-order valence-corrected chi connectivity index (χ2v) is 12.8. The first-order chi connectivity index (χ1) is 19.0. The Hall–Kier alpha value is -3.08. The molecule has 1 saturated carbocycles. The number of rotatable bonds is 8. The van der Waals surface area contributed by atoms with Gasteiger partial charge in [0.05, 0.1) is 25.8 Å². The van der Waals surface area contributed by atoms with E-state index in [0.717, 1.165) is 66.1 Å². The number of anilines is 1. The van der Waals surface area contributed by atoms with Crippen molar-refractivity contribution >= 4 is 45.4 Å².